The van der Waals surface area contributed by atoms with E-state index in [1.165, 1.54) is 30.2 Å². The van der Waals surface area contributed by atoms with Crippen LogP contribution in [0.4, 0.5) is 11.5 Å². The molecule has 0 spiro atoms. The van der Waals surface area contributed by atoms with Crippen LogP contribution in [0.5, 0.6) is 0 Å². The molecule has 0 aliphatic carbocycles. The predicted octanol–water partition coefficient (Wildman–Crippen LogP) is 4.35. The summed E-state index contributed by atoms with van der Waals surface area (Å²) in [6.45, 7) is 8.60. The van der Waals surface area contributed by atoms with Crippen LogP contribution >= 0.6 is 0 Å². The van der Waals surface area contributed by atoms with Gasteiger partial charge in [-0.1, -0.05) is 33.3 Å². The number of hydrogen-bond acceptors (Lipinski definition) is 4. The molecule has 1 aromatic carbocycles. The Hall–Kier alpha value is -1.81. The van der Waals surface area contributed by atoms with E-state index in [1.807, 2.05) is 0 Å². The fraction of sp³-hybridized carbons (Fsp3) is 0.550. The molecule has 0 atom stereocenters. The SMILES string of the molecule is CCCCNc1cc2cc(CCCCNC(C)C)ccc2nc1N. The van der Waals surface area contributed by atoms with Crippen LogP contribution in [-0.4, -0.2) is 24.1 Å². The summed E-state index contributed by atoms with van der Waals surface area (Å²) < 4.78 is 0. The van der Waals surface area contributed by atoms with E-state index in [4.69, 9.17) is 5.73 Å². The number of hydrogen-bond donors (Lipinski definition) is 3. The van der Waals surface area contributed by atoms with Gasteiger partial charge >= 0.3 is 0 Å². The van der Waals surface area contributed by atoms with E-state index >= 15 is 0 Å². The van der Waals surface area contributed by atoms with Crippen LogP contribution in [-0.2, 0) is 6.42 Å². The van der Waals surface area contributed by atoms with Crippen molar-refractivity contribution in [2.75, 3.05) is 24.1 Å². The summed E-state index contributed by atoms with van der Waals surface area (Å²) in [6, 6.07) is 9.22. The molecule has 132 valence electrons. The molecule has 1 heterocycles. The van der Waals surface area contributed by atoms with E-state index in [-0.39, 0.29) is 0 Å². The summed E-state index contributed by atoms with van der Waals surface area (Å²) >= 11 is 0. The number of nitrogens with two attached hydrogens (primary N) is 1. The van der Waals surface area contributed by atoms with Crippen LogP contribution in [0.2, 0.25) is 0 Å². The number of unbranched alkanes of at least 4 members (excludes halogenated alkanes) is 2. The summed E-state index contributed by atoms with van der Waals surface area (Å²) in [6.07, 6.45) is 5.83. The highest BCUT2D eigenvalue weighted by molar-refractivity contribution is 5.86. The molecule has 24 heavy (non-hydrogen) atoms. The molecular weight excluding hydrogens is 296 g/mol. The highest BCUT2D eigenvalue weighted by atomic mass is 15.0. The van der Waals surface area contributed by atoms with E-state index < -0.39 is 0 Å². The number of aromatic nitrogens is 1. The minimum atomic E-state index is 0.570. The number of nitrogens with one attached hydrogen (secondary N) is 2. The number of pyridine rings is 1. The van der Waals surface area contributed by atoms with Gasteiger partial charge < -0.3 is 16.4 Å². The van der Waals surface area contributed by atoms with Gasteiger partial charge in [-0.05, 0) is 56.0 Å². The van der Waals surface area contributed by atoms with Crippen LogP contribution in [0, 0.1) is 0 Å². The molecule has 0 fully saturated rings. The van der Waals surface area contributed by atoms with Crippen LogP contribution in [0.1, 0.15) is 52.0 Å². The Bertz CT molecular complexity index is 637. The first kappa shape index (κ1) is 18.5. The first-order valence-electron chi connectivity index (χ1n) is 9.26. The van der Waals surface area contributed by atoms with Crippen molar-refractivity contribution in [3.8, 4) is 0 Å². The van der Waals surface area contributed by atoms with Crippen molar-refractivity contribution < 1.29 is 0 Å². The van der Waals surface area contributed by atoms with E-state index in [0.29, 0.717) is 11.9 Å². The molecule has 4 heteroatoms. The molecular formula is C20H32N4. The zero-order chi connectivity index (χ0) is 17.4. The van der Waals surface area contributed by atoms with E-state index in [1.54, 1.807) is 0 Å². The second-order valence-electron chi connectivity index (χ2n) is 6.79. The first-order chi connectivity index (χ1) is 11.6. The van der Waals surface area contributed by atoms with Crippen molar-refractivity contribution in [1.82, 2.24) is 10.3 Å². The second kappa shape index (κ2) is 9.48. The molecule has 0 amide bonds. The number of fused-ring (bicyclic) bond motifs is 1. The third-order valence-corrected chi connectivity index (χ3v) is 4.20. The van der Waals surface area contributed by atoms with Crippen molar-refractivity contribution in [3.63, 3.8) is 0 Å². The van der Waals surface area contributed by atoms with E-state index in [2.05, 4.69) is 60.7 Å². The zero-order valence-electron chi connectivity index (χ0n) is 15.4. The van der Waals surface area contributed by atoms with Crippen LogP contribution in [0.3, 0.4) is 0 Å². The Morgan fingerprint density at radius 1 is 1.08 bits per heavy atom. The van der Waals surface area contributed by atoms with Crippen molar-refractivity contribution in [1.29, 1.82) is 0 Å². The summed E-state index contributed by atoms with van der Waals surface area (Å²) in [5, 5.41) is 8.03. The van der Waals surface area contributed by atoms with Crippen molar-refractivity contribution in [2.24, 2.45) is 0 Å². The molecule has 4 nitrogen and oxygen atoms in total. The quantitative estimate of drug-likeness (QED) is 0.567. The van der Waals surface area contributed by atoms with Gasteiger partial charge in [0, 0.05) is 18.0 Å². The molecule has 1 aromatic heterocycles. The molecule has 0 aliphatic rings. The van der Waals surface area contributed by atoms with Gasteiger partial charge in [0.05, 0.1) is 11.2 Å². The van der Waals surface area contributed by atoms with Gasteiger partial charge in [-0.15, -0.1) is 0 Å². The molecule has 0 unspecified atom stereocenters. The Balaban J connectivity index is 1.98. The third-order valence-electron chi connectivity index (χ3n) is 4.20. The highest BCUT2D eigenvalue weighted by Gasteiger charge is 2.05. The summed E-state index contributed by atoms with van der Waals surface area (Å²) in [7, 11) is 0. The molecule has 0 saturated heterocycles. The number of aryl methyl sites for hydroxylation is 1. The fourth-order valence-electron chi connectivity index (χ4n) is 2.78. The molecule has 0 radical (unpaired) electrons. The molecule has 4 N–H and O–H groups in total. The second-order valence-corrected chi connectivity index (χ2v) is 6.79. The third kappa shape index (κ3) is 5.68. The maximum absolute atomic E-state index is 6.06. The average Bonchev–Trinajstić information content (AvgIpc) is 2.55. The molecule has 0 aliphatic heterocycles. The van der Waals surface area contributed by atoms with Gasteiger partial charge in [0.15, 0.2) is 0 Å². The minimum absolute atomic E-state index is 0.570. The normalized spacial score (nSPS) is 11.3. The van der Waals surface area contributed by atoms with Gasteiger partial charge in [0.2, 0.25) is 0 Å². The Morgan fingerprint density at radius 2 is 1.92 bits per heavy atom. The zero-order valence-corrected chi connectivity index (χ0v) is 15.4. The largest absolute Gasteiger partial charge is 0.382 e. The number of benzene rings is 1. The summed E-state index contributed by atoms with van der Waals surface area (Å²) in [5.41, 5.74) is 9.36. The molecule has 0 saturated carbocycles. The van der Waals surface area contributed by atoms with Crippen molar-refractivity contribution >= 4 is 22.4 Å². The predicted molar refractivity (Wildman–Crippen MR) is 106 cm³/mol. The van der Waals surface area contributed by atoms with Gasteiger partial charge in [-0.3, -0.25) is 0 Å². The monoisotopic (exact) mass is 328 g/mol. The first-order valence-corrected chi connectivity index (χ1v) is 9.26. The lowest BCUT2D eigenvalue weighted by molar-refractivity contribution is 0.557. The van der Waals surface area contributed by atoms with Crippen LogP contribution in [0.25, 0.3) is 10.9 Å². The number of nitrogen functional groups attached to an aromatic ring is 1. The Morgan fingerprint density at radius 3 is 2.67 bits per heavy atom. The summed E-state index contributed by atoms with van der Waals surface area (Å²) in [4.78, 5) is 4.53. The van der Waals surface area contributed by atoms with E-state index in [0.717, 1.165) is 37.1 Å². The lowest BCUT2D eigenvalue weighted by atomic mass is 10.0. The number of nitrogens with zero attached hydrogens (tertiary/aromatic N) is 1. The van der Waals surface area contributed by atoms with Crippen molar-refractivity contribution in [2.45, 2.75) is 58.9 Å². The van der Waals surface area contributed by atoms with Gasteiger partial charge in [-0.25, -0.2) is 4.98 Å². The minimum Gasteiger partial charge on any atom is -0.382 e. The molecule has 0 bridgehead atoms. The van der Waals surface area contributed by atoms with E-state index in [9.17, 15) is 0 Å². The topological polar surface area (TPSA) is 63.0 Å². The Kier molecular flexibility index (Phi) is 7.32. The maximum Gasteiger partial charge on any atom is 0.147 e. The molecule has 2 rings (SSSR count). The number of anilines is 2. The van der Waals surface area contributed by atoms with Gasteiger partial charge in [0.1, 0.15) is 5.82 Å². The maximum atomic E-state index is 6.06. The van der Waals surface area contributed by atoms with Crippen molar-refractivity contribution in [3.05, 3.63) is 29.8 Å². The number of rotatable bonds is 10. The highest BCUT2D eigenvalue weighted by Crippen LogP contribution is 2.24. The van der Waals surface area contributed by atoms with Crippen LogP contribution in [0.15, 0.2) is 24.3 Å². The lowest BCUT2D eigenvalue weighted by Crippen LogP contribution is -2.23. The average molecular weight is 329 g/mol. The summed E-state index contributed by atoms with van der Waals surface area (Å²) in [5.74, 6) is 0.589. The smallest absolute Gasteiger partial charge is 0.147 e. The fourth-order valence-corrected chi connectivity index (χ4v) is 2.78. The van der Waals surface area contributed by atoms with Gasteiger partial charge in [-0.2, -0.15) is 0 Å². The van der Waals surface area contributed by atoms with Gasteiger partial charge in [0.25, 0.3) is 0 Å². The Labute approximate surface area is 146 Å². The molecule has 2 aromatic rings. The van der Waals surface area contributed by atoms with Crippen LogP contribution < -0.4 is 16.4 Å². The lowest BCUT2D eigenvalue weighted by Gasteiger charge is -2.11. The standard InChI is InChI=1S/C20H32N4/c1-4-5-11-23-19-14-17-13-16(8-6-7-12-22-15(2)3)9-10-18(17)24-20(19)21/h9-10,13-15,22-23H,4-8,11-12H2,1-3H3,(H2,21,24).